The number of fused-ring (bicyclic) bond motifs is 1. The second-order valence-corrected chi connectivity index (χ2v) is 11.8. The van der Waals surface area contributed by atoms with Crippen LogP contribution in [0.1, 0.15) is 52.7 Å². The largest absolute Gasteiger partial charge is 0.496 e. The van der Waals surface area contributed by atoms with E-state index in [9.17, 15) is 18.8 Å². The van der Waals surface area contributed by atoms with E-state index >= 15 is 0 Å². The van der Waals surface area contributed by atoms with Gasteiger partial charge in [-0.05, 0) is 91.6 Å². The van der Waals surface area contributed by atoms with Crippen LogP contribution in [-0.4, -0.2) is 49.3 Å². The molecular formula is C28H37FN6O5S2. The molecular weight excluding hydrogens is 583 g/mol. The molecule has 0 aliphatic heterocycles. The van der Waals surface area contributed by atoms with Gasteiger partial charge < -0.3 is 14.2 Å². The topological polar surface area (TPSA) is 122 Å². The lowest BCUT2D eigenvalue weighted by Crippen LogP contribution is -2.56. The highest BCUT2D eigenvalue weighted by atomic mass is 32.1. The van der Waals surface area contributed by atoms with Crippen molar-refractivity contribution in [2.24, 2.45) is 0 Å². The van der Waals surface area contributed by atoms with Gasteiger partial charge in [0.05, 0.1) is 31.0 Å². The van der Waals surface area contributed by atoms with Gasteiger partial charge >= 0.3 is 5.69 Å². The van der Waals surface area contributed by atoms with Crippen LogP contribution >= 0.6 is 24.2 Å². The first-order chi connectivity index (χ1) is 19.7. The fourth-order valence-corrected chi connectivity index (χ4v) is 5.49. The summed E-state index contributed by atoms with van der Waals surface area (Å²) in [7, 11) is 1.49. The van der Waals surface area contributed by atoms with Crippen molar-refractivity contribution in [1.82, 2.24) is 29.4 Å². The van der Waals surface area contributed by atoms with E-state index in [1.165, 1.54) is 72.3 Å². The van der Waals surface area contributed by atoms with Crippen LogP contribution in [0.2, 0.25) is 0 Å². The van der Waals surface area contributed by atoms with E-state index in [4.69, 9.17) is 4.74 Å². The molecule has 0 fully saturated rings. The molecule has 4 aromatic rings. The van der Waals surface area contributed by atoms with Gasteiger partial charge in [0.2, 0.25) is 5.91 Å². The average molecular weight is 621 g/mol. The Morgan fingerprint density at radius 2 is 1.79 bits per heavy atom. The van der Waals surface area contributed by atoms with E-state index in [1.807, 2.05) is 13.8 Å². The van der Waals surface area contributed by atoms with Gasteiger partial charge in [-0.2, -0.15) is 10.2 Å². The highest BCUT2D eigenvalue weighted by molar-refractivity contribution is 7.75. The molecule has 0 saturated carbocycles. The smallest absolute Gasteiger partial charge is 0.333 e. The molecule has 0 aliphatic carbocycles. The molecule has 228 valence electrons. The van der Waals surface area contributed by atoms with Crippen molar-refractivity contribution in [2.75, 3.05) is 7.11 Å². The Morgan fingerprint density at radius 1 is 1.17 bits per heavy atom. The van der Waals surface area contributed by atoms with Crippen molar-refractivity contribution in [3.63, 3.8) is 0 Å². The zero-order valence-electron chi connectivity index (χ0n) is 25.0. The van der Waals surface area contributed by atoms with Gasteiger partial charge in [-0.15, -0.1) is 4.80 Å². The first kappa shape index (κ1) is 33.0. The van der Waals surface area contributed by atoms with Gasteiger partial charge in [0.15, 0.2) is 0 Å². The Hall–Kier alpha value is -3.49. The Bertz CT molecular complexity index is 1660. The van der Waals surface area contributed by atoms with Crippen LogP contribution < -0.4 is 21.3 Å². The number of nitrogens with zero attached hydrogens (tertiary/aromatic N) is 5. The maximum Gasteiger partial charge on any atom is 0.333 e. The summed E-state index contributed by atoms with van der Waals surface area (Å²) in [4.78, 5) is 42.6. The summed E-state index contributed by atoms with van der Waals surface area (Å²) < 4.78 is 26.3. The number of hydrogen-bond donors (Lipinski definition) is 2. The minimum absolute atomic E-state index is 0.114. The zero-order valence-corrected chi connectivity index (χ0v) is 26.7. The number of rotatable bonds is 9. The van der Waals surface area contributed by atoms with Crippen LogP contribution in [0.5, 0.6) is 5.75 Å². The molecule has 0 bridgehead atoms. The Morgan fingerprint density at radius 3 is 2.33 bits per heavy atom. The molecule has 14 heteroatoms. The summed E-state index contributed by atoms with van der Waals surface area (Å²) in [5.74, 6) is -0.399. The van der Waals surface area contributed by atoms with Crippen molar-refractivity contribution in [3.05, 3.63) is 68.4 Å². The molecule has 0 aliphatic rings. The number of thiophene rings is 1. The number of aryl methyl sites for hydroxylation is 3. The lowest BCUT2D eigenvalue weighted by Gasteiger charge is -2.27. The number of amides is 1. The molecule has 1 aromatic carbocycles. The van der Waals surface area contributed by atoms with E-state index in [-0.39, 0.29) is 25.1 Å². The normalized spacial score (nSPS) is 11.6. The third-order valence-corrected chi connectivity index (χ3v) is 8.08. The quantitative estimate of drug-likeness (QED) is 0.214. The first-order valence-corrected chi connectivity index (χ1v) is 14.5. The van der Waals surface area contributed by atoms with Crippen molar-refractivity contribution < 1.29 is 18.1 Å². The van der Waals surface area contributed by atoms with Crippen LogP contribution in [0.15, 0.2) is 40.2 Å². The van der Waals surface area contributed by atoms with Crippen LogP contribution in [0.25, 0.3) is 15.2 Å². The number of methoxy groups -OCH3 is 1. The summed E-state index contributed by atoms with van der Waals surface area (Å²) in [6.07, 6.45) is 3.53. The maximum atomic E-state index is 14.0. The maximum absolute atomic E-state index is 14.0. The number of halogens is 1. The molecule has 4 rings (SSSR count). The second kappa shape index (κ2) is 13.7. The summed E-state index contributed by atoms with van der Waals surface area (Å²) in [5.41, 5.74) is -1.54. The van der Waals surface area contributed by atoms with Crippen LogP contribution in [0.3, 0.4) is 0 Å². The van der Waals surface area contributed by atoms with Gasteiger partial charge in [-0.3, -0.25) is 14.2 Å². The molecule has 0 atom stereocenters. The number of nitrogens with one attached hydrogen (secondary N) is 1. The number of carbonyl (C=O) groups is 1. The van der Waals surface area contributed by atoms with Crippen molar-refractivity contribution in [1.29, 1.82) is 0 Å². The lowest BCUT2D eigenvalue weighted by atomic mass is 10.0. The molecule has 42 heavy (non-hydrogen) atoms. The molecule has 0 unspecified atom stereocenters. The number of thiol groups is 1. The van der Waals surface area contributed by atoms with E-state index < -0.39 is 28.5 Å². The van der Waals surface area contributed by atoms with Crippen LogP contribution in [0.4, 0.5) is 4.39 Å². The molecule has 3 heterocycles. The van der Waals surface area contributed by atoms with Gasteiger partial charge in [0, 0.05) is 18.2 Å². The molecule has 3 aromatic heterocycles. The minimum atomic E-state index is -1.48. The van der Waals surface area contributed by atoms with Crippen molar-refractivity contribution >= 4 is 40.4 Å². The Labute approximate surface area is 252 Å². The summed E-state index contributed by atoms with van der Waals surface area (Å²) in [5, 5.41) is 12.0. The highest BCUT2D eigenvalue weighted by Gasteiger charge is 2.35. The molecule has 0 radical (unpaired) electrons. The lowest BCUT2D eigenvalue weighted by molar-refractivity contribution is -0.129. The molecule has 0 saturated heterocycles. The van der Waals surface area contributed by atoms with Crippen molar-refractivity contribution in [3.8, 4) is 10.8 Å². The molecule has 1 N–H and O–H groups in total. The SMILES string of the molecule is CC(C)OS.COc1ccc(F)cc1CCn1c(=O)n(C(C)(C)C(=O)NC(C)C)c(=O)c2c(C)c(-n3nccn3)sc21. The second-order valence-electron chi connectivity index (χ2n) is 10.7. The number of aromatic nitrogens is 5. The number of carbonyl (C=O) groups excluding carboxylic acids is 1. The van der Waals surface area contributed by atoms with Gasteiger partial charge in [-0.25, -0.2) is 13.8 Å². The first-order valence-electron chi connectivity index (χ1n) is 13.3. The molecule has 1 amide bonds. The number of ether oxygens (including phenoxy) is 1. The summed E-state index contributed by atoms with van der Waals surface area (Å²) in [6, 6.07) is 4.00. The fraction of sp³-hybridized carbons (Fsp3) is 0.464. The van der Waals surface area contributed by atoms with Gasteiger partial charge in [0.1, 0.15) is 26.9 Å². The average Bonchev–Trinajstić information content (AvgIpc) is 3.56. The van der Waals surface area contributed by atoms with E-state index in [0.717, 1.165) is 4.57 Å². The third-order valence-electron chi connectivity index (χ3n) is 6.38. The predicted octanol–water partition coefficient (Wildman–Crippen LogP) is 4.02. The summed E-state index contributed by atoms with van der Waals surface area (Å²) >= 11 is 4.72. The Kier molecular flexibility index (Phi) is 10.7. The standard InChI is InChI=1S/C25H29FN6O4S.C3H8OS/c1-14(2)29-23(34)25(4,5)31-20(33)19-15(3)21(32-27-10-11-28-32)37-22(19)30(24(31)35)12-9-16-13-17(26)7-8-18(16)36-6;1-3(2)4-5/h7-8,10-11,13-14H,9,12H2,1-6H3,(H,29,34);3,5H,1-2H3. The summed E-state index contributed by atoms with van der Waals surface area (Å²) in [6.45, 7) is 12.4. The number of benzene rings is 1. The monoisotopic (exact) mass is 620 g/mol. The number of hydrogen-bond acceptors (Lipinski definition) is 9. The van der Waals surface area contributed by atoms with Crippen LogP contribution in [-0.2, 0) is 27.5 Å². The molecule has 11 nitrogen and oxygen atoms in total. The van der Waals surface area contributed by atoms with Gasteiger partial charge in [-0.1, -0.05) is 11.3 Å². The van der Waals surface area contributed by atoms with Crippen molar-refractivity contribution in [2.45, 2.75) is 79.1 Å². The highest BCUT2D eigenvalue weighted by Crippen LogP contribution is 2.31. The molecule has 0 spiro atoms. The van der Waals surface area contributed by atoms with E-state index in [0.29, 0.717) is 32.1 Å². The van der Waals surface area contributed by atoms with Crippen LogP contribution in [0, 0.1) is 12.7 Å². The third kappa shape index (κ3) is 6.93. The minimum Gasteiger partial charge on any atom is -0.496 e. The van der Waals surface area contributed by atoms with Gasteiger partial charge in [0.25, 0.3) is 5.56 Å². The zero-order chi connectivity index (χ0) is 31.4. The van der Waals surface area contributed by atoms with E-state index in [1.54, 1.807) is 20.8 Å². The Balaban J connectivity index is 0.000000892. The van der Waals surface area contributed by atoms with E-state index in [2.05, 4.69) is 32.6 Å². The fourth-order valence-electron chi connectivity index (χ4n) is 4.25. The predicted molar refractivity (Wildman–Crippen MR) is 164 cm³/mol.